The predicted octanol–water partition coefficient (Wildman–Crippen LogP) is 3.55. The van der Waals surface area contributed by atoms with E-state index in [-0.39, 0.29) is 10.8 Å². The molecule has 0 aromatic heterocycles. The second-order valence-corrected chi connectivity index (χ2v) is 8.20. The molecule has 25 heavy (non-hydrogen) atoms. The fraction of sp³-hybridized carbons (Fsp3) is 0.167. The van der Waals surface area contributed by atoms with Crippen molar-refractivity contribution in [1.29, 1.82) is 0 Å². The van der Waals surface area contributed by atoms with Gasteiger partial charge in [0.05, 0.1) is 4.90 Å². The molecule has 7 heteroatoms. The molecule has 0 aliphatic carbocycles. The van der Waals surface area contributed by atoms with E-state index in [4.69, 9.17) is 11.6 Å². The lowest BCUT2D eigenvalue weighted by Gasteiger charge is -2.11. The van der Waals surface area contributed by atoms with Crippen LogP contribution in [-0.2, 0) is 14.8 Å². The SMILES string of the molecule is Cc1ccc(/C=C/C(=O)Nc2ccc(S(=O)(=O)N(C)C)cc2)cc1Cl. The molecule has 5 nitrogen and oxygen atoms in total. The number of sulfonamides is 1. The number of hydrogen-bond acceptors (Lipinski definition) is 3. The third-order valence-electron chi connectivity index (χ3n) is 3.52. The first-order valence-electron chi connectivity index (χ1n) is 7.48. The van der Waals surface area contributed by atoms with E-state index in [0.29, 0.717) is 10.7 Å². The molecule has 0 saturated carbocycles. The van der Waals surface area contributed by atoms with Crippen molar-refractivity contribution < 1.29 is 13.2 Å². The van der Waals surface area contributed by atoms with Gasteiger partial charge >= 0.3 is 0 Å². The van der Waals surface area contributed by atoms with E-state index in [9.17, 15) is 13.2 Å². The van der Waals surface area contributed by atoms with Crippen LogP contribution in [0.2, 0.25) is 5.02 Å². The van der Waals surface area contributed by atoms with E-state index in [1.165, 1.54) is 32.3 Å². The summed E-state index contributed by atoms with van der Waals surface area (Å²) in [6, 6.07) is 11.5. The highest BCUT2D eigenvalue weighted by molar-refractivity contribution is 7.89. The molecule has 1 amide bonds. The van der Waals surface area contributed by atoms with Crippen LogP contribution >= 0.6 is 11.6 Å². The number of anilines is 1. The molecular weight excluding hydrogens is 360 g/mol. The first-order valence-corrected chi connectivity index (χ1v) is 9.30. The third-order valence-corrected chi connectivity index (χ3v) is 5.76. The van der Waals surface area contributed by atoms with Gasteiger partial charge in [0.1, 0.15) is 0 Å². The van der Waals surface area contributed by atoms with Gasteiger partial charge < -0.3 is 5.32 Å². The van der Waals surface area contributed by atoms with Gasteiger partial charge in [0, 0.05) is 30.9 Å². The standard InChI is InChI=1S/C18H19ClN2O3S/c1-13-4-5-14(12-17(13)19)6-11-18(22)20-15-7-9-16(10-8-15)25(23,24)21(2)3/h4-12H,1-3H3,(H,20,22)/b11-6+. The molecule has 0 unspecified atom stereocenters. The van der Waals surface area contributed by atoms with Crippen LogP contribution in [0.4, 0.5) is 5.69 Å². The maximum Gasteiger partial charge on any atom is 0.248 e. The summed E-state index contributed by atoms with van der Waals surface area (Å²) in [6.45, 7) is 1.91. The monoisotopic (exact) mass is 378 g/mol. The summed E-state index contributed by atoms with van der Waals surface area (Å²) in [4.78, 5) is 12.1. The van der Waals surface area contributed by atoms with E-state index in [2.05, 4.69) is 5.32 Å². The Morgan fingerprint density at radius 1 is 1.12 bits per heavy atom. The number of aryl methyl sites for hydroxylation is 1. The predicted molar refractivity (Wildman–Crippen MR) is 101 cm³/mol. The lowest BCUT2D eigenvalue weighted by atomic mass is 10.1. The summed E-state index contributed by atoms with van der Waals surface area (Å²) in [5.41, 5.74) is 2.29. The molecule has 2 aromatic rings. The van der Waals surface area contributed by atoms with E-state index < -0.39 is 10.0 Å². The summed E-state index contributed by atoms with van der Waals surface area (Å²) in [5.74, 6) is -0.320. The largest absolute Gasteiger partial charge is 0.323 e. The number of nitrogens with one attached hydrogen (secondary N) is 1. The van der Waals surface area contributed by atoms with Crippen molar-refractivity contribution in [3.63, 3.8) is 0 Å². The maximum absolute atomic E-state index is 12.0. The van der Waals surface area contributed by atoms with Crippen LogP contribution in [0.15, 0.2) is 53.4 Å². The Morgan fingerprint density at radius 2 is 1.76 bits per heavy atom. The highest BCUT2D eigenvalue weighted by Gasteiger charge is 2.16. The van der Waals surface area contributed by atoms with Crippen LogP contribution in [0.5, 0.6) is 0 Å². The van der Waals surface area contributed by atoms with Crippen LogP contribution < -0.4 is 5.32 Å². The average molecular weight is 379 g/mol. The van der Waals surface area contributed by atoms with Crippen LogP contribution in [0.1, 0.15) is 11.1 Å². The number of nitrogens with zero attached hydrogens (tertiary/aromatic N) is 1. The summed E-state index contributed by atoms with van der Waals surface area (Å²) in [5, 5.41) is 3.32. The first kappa shape index (κ1) is 19.2. The number of rotatable bonds is 5. The van der Waals surface area contributed by atoms with Gasteiger partial charge in [-0.2, -0.15) is 0 Å². The Hall–Kier alpha value is -2.15. The van der Waals surface area contributed by atoms with Crippen molar-refractivity contribution in [3.05, 3.63) is 64.7 Å². The lowest BCUT2D eigenvalue weighted by Crippen LogP contribution is -2.22. The second kappa shape index (κ2) is 7.82. The smallest absolute Gasteiger partial charge is 0.248 e. The fourth-order valence-corrected chi connectivity index (χ4v) is 3.08. The van der Waals surface area contributed by atoms with Crippen LogP contribution in [0.3, 0.4) is 0 Å². The fourth-order valence-electron chi connectivity index (χ4n) is 1.99. The topological polar surface area (TPSA) is 66.5 Å². The van der Waals surface area contributed by atoms with Gasteiger partial charge in [-0.25, -0.2) is 12.7 Å². The van der Waals surface area contributed by atoms with E-state index in [0.717, 1.165) is 15.4 Å². The van der Waals surface area contributed by atoms with Gasteiger partial charge in [-0.15, -0.1) is 0 Å². The normalized spacial score (nSPS) is 11.9. The van der Waals surface area contributed by atoms with Gasteiger partial charge in [-0.3, -0.25) is 4.79 Å². The number of benzene rings is 2. The number of halogens is 1. The maximum atomic E-state index is 12.0. The average Bonchev–Trinajstić information content (AvgIpc) is 2.56. The molecule has 0 heterocycles. The first-order chi connectivity index (χ1) is 11.7. The molecule has 0 aliphatic heterocycles. The van der Waals surface area contributed by atoms with Crippen LogP contribution in [0, 0.1) is 6.92 Å². The Balaban J connectivity index is 2.05. The zero-order valence-corrected chi connectivity index (χ0v) is 15.7. The Bertz CT molecular complexity index is 904. The number of carbonyl (C=O) groups excluding carboxylic acids is 1. The second-order valence-electron chi connectivity index (χ2n) is 5.64. The lowest BCUT2D eigenvalue weighted by molar-refractivity contribution is -0.111. The van der Waals surface area contributed by atoms with Crippen molar-refractivity contribution in [2.45, 2.75) is 11.8 Å². The zero-order chi connectivity index (χ0) is 18.6. The highest BCUT2D eigenvalue weighted by Crippen LogP contribution is 2.18. The van der Waals surface area contributed by atoms with Crippen molar-refractivity contribution in [3.8, 4) is 0 Å². The Morgan fingerprint density at radius 3 is 2.32 bits per heavy atom. The van der Waals surface area contributed by atoms with E-state index in [1.807, 2.05) is 19.1 Å². The van der Waals surface area contributed by atoms with E-state index in [1.54, 1.807) is 24.3 Å². The molecule has 0 radical (unpaired) electrons. The van der Waals surface area contributed by atoms with Gasteiger partial charge in [0.25, 0.3) is 0 Å². The summed E-state index contributed by atoms with van der Waals surface area (Å²) in [6.07, 6.45) is 3.05. The van der Waals surface area contributed by atoms with Crippen molar-refractivity contribution in [2.24, 2.45) is 0 Å². The molecule has 132 valence electrons. The highest BCUT2D eigenvalue weighted by atomic mass is 35.5. The third kappa shape index (κ3) is 4.92. The number of hydrogen-bond donors (Lipinski definition) is 1. The molecule has 2 rings (SSSR count). The minimum atomic E-state index is -3.48. The van der Waals surface area contributed by atoms with Gasteiger partial charge in [0.15, 0.2) is 0 Å². The van der Waals surface area contributed by atoms with Crippen molar-refractivity contribution >= 4 is 39.3 Å². The molecule has 0 atom stereocenters. The zero-order valence-electron chi connectivity index (χ0n) is 14.2. The van der Waals surface area contributed by atoms with Gasteiger partial charge in [-0.05, 0) is 54.5 Å². The summed E-state index contributed by atoms with van der Waals surface area (Å²) >= 11 is 6.05. The minimum Gasteiger partial charge on any atom is -0.323 e. The molecular formula is C18H19ClN2O3S. The van der Waals surface area contributed by atoms with Gasteiger partial charge in [-0.1, -0.05) is 23.7 Å². The molecule has 1 N–H and O–H groups in total. The molecule has 0 fully saturated rings. The number of amides is 1. The van der Waals surface area contributed by atoms with Crippen molar-refractivity contribution in [2.75, 3.05) is 19.4 Å². The Labute approximate surface area is 153 Å². The van der Waals surface area contributed by atoms with Gasteiger partial charge in [0.2, 0.25) is 15.9 Å². The minimum absolute atomic E-state index is 0.167. The molecule has 0 bridgehead atoms. The quantitative estimate of drug-likeness (QED) is 0.809. The number of carbonyl (C=O) groups is 1. The molecule has 0 saturated heterocycles. The molecule has 0 spiro atoms. The van der Waals surface area contributed by atoms with E-state index >= 15 is 0 Å². The summed E-state index contributed by atoms with van der Waals surface area (Å²) < 4.78 is 25.1. The molecule has 0 aliphatic rings. The summed E-state index contributed by atoms with van der Waals surface area (Å²) in [7, 11) is -0.551. The van der Waals surface area contributed by atoms with Crippen LogP contribution in [0.25, 0.3) is 6.08 Å². The molecule has 2 aromatic carbocycles. The van der Waals surface area contributed by atoms with Crippen molar-refractivity contribution in [1.82, 2.24) is 4.31 Å². The van der Waals surface area contributed by atoms with Crippen LogP contribution in [-0.4, -0.2) is 32.7 Å². The Kier molecular flexibility index (Phi) is 6.00.